The number of carbonyl (C=O) groups is 1. The predicted octanol–water partition coefficient (Wildman–Crippen LogP) is 3.51. The Morgan fingerprint density at radius 1 is 1.11 bits per heavy atom. The lowest BCUT2D eigenvalue weighted by molar-refractivity contribution is 0.0571. The van der Waals surface area contributed by atoms with Gasteiger partial charge in [0.15, 0.2) is 0 Å². The van der Waals surface area contributed by atoms with Crippen LogP contribution in [0, 0.1) is 13.8 Å². The molecular weight excluding hydrogens is 342 g/mol. The SMILES string of the molecule is Cc1cnc(-c2nnc(C3CCCCN3C(=O)c3ccccc3C)o2)cn1. The van der Waals surface area contributed by atoms with Gasteiger partial charge < -0.3 is 9.32 Å². The van der Waals surface area contributed by atoms with E-state index in [2.05, 4.69) is 20.2 Å². The van der Waals surface area contributed by atoms with E-state index in [-0.39, 0.29) is 11.9 Å². The van der Waals surface area contributed by atoms with E-state index in [1.165, 1.54) is 0 Å². The molecule has 7 heteroatoms. The monoisotopic (exact) mass is 363 g/mol. The van der Waals surface area contributed by atoms with Gasteiger partial charge >= 0.3 is 0 Å². The second-order valence-corrected chi connectivity index (χ2v) is 6.81. The van der Waals surface area contributed by atoms with E-state index in [0.29, 0.717) is 29.6 Å². The molecule has 27 heavy (non-hydrogen) atoms. The fourth-order valence-electron chi connectivity index (χ4n) is 3.37. The number of aryl methyl sites for hydroxylation is 2. The van der Waals surface area contributed by atoms with Crippen molar-refractivity contribution in [2.24, 2.45) is 0 Å². The van der Waals surface area contributed by atoms with Crippen LogP contribution in [-0.2, 0) is 0 Å². The fourth-order valence-corrected chi connectivity index (χ4v) is 3.37. The van der Waals surface area contributed by atoms with E-state index in [9.17, 15) is 4.79 Å². The summed E-state index contributed by atoms with van der Waals surface area (Å²) in [5, 5.41) is 8.33. The summed E-state index contributed by atoms with van der Waals surface area (Å²) in [6.07, 6.45) is 6.07. The minimum atomic E-state index is -0.217. The third-order valence-electron chi connectivity index (χ3n) is 4.86. The maximum atomic E-state index is 13.1. The molecule has 0 saturated carbocycles. The number of hydrogen-bond donors (Lipinski definition) is 0. The van der Waals surface area contributed by atoms with Gasteiger partial charge in [0.25, 0.3) is 11.8 Å². The molecule has 0 N–H and O–H groups in total. The van der Waals surface area contributed by atoms with Crippen molar-refractivity contribution in [2.45, 2.75) is 39.2 Å². The molecule has 1 fully saturated rings. The van der Waals surface area contributed by atoms with Crippen LogP contribution >= 0.6 is 0 Å². The Bertz CT molecular complexity index is 951. The van der Waals surface area contributed by atoms with Crippen LogP contribution in [0.25, 0.3) is 11.6 Å². The van der Waals surface area contributed by atoms with Crippen LogP contribution in [0.5, 0.6) is 0 Å². The highest BCUT2D eigenvalue weighted by Gasteiger charge is 2.33. The summed E-state index contributed by atoms with van der Waals surface area (Å²) >= 11 is 0. The molecule has 138 valence electrons. The Labute approximate surface area is 157 Å². The number of benzene rings is 1. The van der Waals surface area contributed by atoms with Gasteiger partial charge in [-0.25, -0.2) is 4.98 Å². The van der Waals surface area contributed by atoms with Crippen LogP contribution in [0.3, 0.4) is 0 Å². The highest BCUT2D eigenvalue weighted by atomic mass is 16.4. The number of piperidine rings is 1. The van der Waals surface area contributed by atoms with Crippen molar-refractivity contribution in [3.8, 4) is 11.6 Å². The lowest BCUT2D eigenvalue weighted by Crippen LogP contribution is -2.39. The lowest BCUT2D eigenvalue weighted by atomic mass is 9.99. The summed E-state index contributed by atoms with van der Waals surface area (Å²) in [7, 11) is 0. The van der Waals surface area contributed by atoms with Gasteiger partial charge in [0.05, 0.1) is 11.9 Å². The first kappa shape index (κ1) is 17.3. The summed E-state index contributed by atoms with van der Waals surface area (Å²) < 4.78 is 5.88. The Balaban J connectivity index is 1.62. The topological polar surface area (TPSA) is 85.0 Å². The van der Waals surface area contributed by atoms with Gasteiger partial charge in [-0.2, -0.15) is 0 Å². The van der Waals surface area contributed by atoms with Crippen LogP contribution in [0.1, 0.15) is 52.8 Å². The van der Waals surface area contributed by atoms with Crippen LogP contribution < -0.4 is 0 Å². The summed E-state index contributed by atoms with van der Waals surface area (Å²) in [5.41, 5.74) is 3.04. The number of amides is 1. The van der Waals surface area contributed by atoms with Crippen molar-refractivity contribution in [3.05, 3.63) is 59.4 Å². The Hall–Kier alpha value is -3.09. The van der Waals surface area contributed by atoms with Gasteiger partial charge in [-0.1, -0.05) is 18.2 Å². The van der Waals surface area contributed by atoms with Crippen molar-refractivity contribution in [2.75, 3.05) is 6.54 Å². The molecule has 1 unspecified atom stereocenters. The summed E-state index contributed by atoms with van der Waals surface area (Å²) in [6, 6.07) is 7.43. The number of hydrogen-bond acceptors (Lipinski definition) is 6. The molecule has 7 nitrogen and oxygen atoms in total. The average Bonchev–Trinajstić information content (AvgIpc) is 3.18. The van der Waals surface area contributed by atoms with Crippen molar-refractivity contribution in [3.63, 3.8) is 0 Å². The quantitative estimate of drug-likeness (QED) is 0.708. The standard InChI is InChI=1S/C20H21N5O2/c1-13-7-3-4-8-15(13)20(26)25-10-6-5-9-17(25)19-24-23-18(27-19)16-12-21-14(2)11-22-16/h3-4,7-8,11-12,17H,5-6,9-10H2,1-2H3. The van der Waals surface area contributed by atoms with Gasteiger partial charge in [0.2, 0.25) is 5.89 Å². The van der Waals surface area contributed by atoms with E-state index in [0.717, 1.165) is 30.5 Å². The first-order valence-corrected chi connectivity index (χ1v) is 9.12. The molecule has 3 aromatic rings. The first-order valence-electron chi connectivity index (χ1n) is 9.12. The Morgan fingerprint density at radius 2 is 1.96 bits per heavy atom. The molecule has 1 saturated heterocycles. The van der Waals surface area contributed by atoms with Gasteiger partial charge in [-0.15, -0.1) is 10.2 Å². The smallest absolute Gasteiger partial charge is 0.267 e. The molecule has 3 heterocycles. The maximum absolute atomic E-state index is 13.1. The van der Waals surface area contributed by atoms with Gasteiger partial charge in [0, 0.05) is 18.3 Å². The van der Waals surface area contributed by atoms with E-state index >= 15 is 0 Å². The van der Waals surface area contributed by atoms with Crippen LogP contribution in [0.4, 0.5) is 0 Å². The van der Waals surface area contributed by atoms with Crippen LogP contribution in [0.15, 0.2) is 41.1 Å². The minimum absolute atomic E-state index is 0.00711. The summed E-state index contributed by atoms with van der Waals surface area (Å²) in [4.78, 5) is 23.5. The molecule has 0 spiro atoms. The van der Waals surface area contributed by atoms with Crippen LogP contribution in [-0.4, -0.2) is 37.5 Å². The second-order valence-electron chi connectivity index (χ2n) is 6.81. The van der Waals surface area contributed by atoms with Gasteiger partial charge in [0.1, 0.15) is 11.7 Å². The second kappa shape index (κ2) is 7.26. The molecule has 1 aromatic carbocycles. The van der Waals surface area contributed by atoms with E-state index < -0.39 is 0 Å². The molecule has 4 rings (SSSR count). The highest BCUT2D eigenvalue weighted by molar-refractivity contribution is 5.95. The lowest BCUT2D eigenvalue weighted by Gasteiger charge is -2.33. The summed E-state index contributed by atoms with van der Waals surface area (Å²) in [6.45, 7) is 4.50. The molecule has 1 amide bonds. The Kier molecular flexibility index (Phi) is 4.66. The molecular formula is C20H21N5O2. The zero-order chi connectivity index (χ0) is 18.8. The largest absolute Gasteiger partial charge is 0.417 e. The van der Waals surface area contributed by atoms with Crippen LogP contribution in [0.2, 0.25) is 0 Å². The van der Waals surface area contributed by atoms with Crippen molar-refractivity contribution in [1.29, 1.82) is 0 Å². The predicted molar refractivity (Wildman–Crippen MR) is 98.9 cm³/mol. The van der Waals surface area contributed by atoms with Crippen molar-refractivity contribution in [1.82, 2.24) is 25.1 Å². The molecule has 0 aliphatic carbocycles. The van der Waals surface area contributed by atoms with Crippen molar-refractivity contribution < 1.29 is 9.21 Å². The molecule has 1 aliphatic heterocycles. The van der Waals surface area contributed by atoms with E-state index in [4.69, 9.17) is 4.42 Å². The maximum Gasteiger partial charge on any atom is 0.267 e. The third-order valence-corrected chi connectivity index (χ3v) is 4.86. The number of nitrogens with zero attached hydrogens (tertiary/aromatic N) is 5. The number of rotatable bonds is 3. The van der Waals surface area contributed by atoms with Gasteiger partial charge in [-0.05, 0) is 44.7 Å². The van der Waals surface area contributed by atoms with E-state index in [1.54, 1.807) is 12.4 Å². The summed E-state index contributed by atoms with van der Waals surface area (Å²) in [5.74, 6) is 0.785. The average molecular weight is 363 g/mol. The third kappa shape index (κ3) is 3.45. The molecule has 0 radical (unpaired) electrons. The number of carbonyl (C=O) groups excluding carboxylic acids is 1. The number of likely N-dealkylation sites (tertiary alicyclic amines) is 1. The molecule has 1 atom stereocenters. The number of aromatic nitrogens is 4. The molecule has 0 bridgehead atoms. The zero-order valence-corrected chi connectivity index (χ0v) is 15.4. The van der Waals surface area contributed by atoms with Gasteiger partial charge in [-0.3, -0.25) is 9.78 Å². The first-order chi connectivity index (χ1) is 13.1. The zero-order valence-electron chi connectivity index (χ0n) is 15.4. The normalized spacial score (nSPS) is 17.1. The minimum Gasteiger partial charge on any atom is -0.417 e. The highest BCUT2D eigenvalue weighted by Crippen LogP contribution is 2.32. The Morgan fingerprint density at radius 3 is 2.74 bits per heavy atom. The molecule has 1 aliphatic rings. The fraction of sp³-hybridized carbons (Fsp3) is 0.350. The van der Waals surface area contributed by atoms with Crippen molar-refractivity contribution >= 4 is 5.91 Å². The molecule has 2 aromatic heterocycles. The van der Waals surface area contributed by atoms with E-state index in [1.807, 2.05) is 43.0 Å².